The second kappa shape index (κ2) is 49.5. The van der Waals surface area contributed by atoms with Crippen molar-refractivity contribution in [2.45, 2.75) is 315 Å². The number of carbonyl (C=O) groups excluding carboxylic acids is 2. The molecule has 0 radical (unpaired) electrons. The van der Waals surface area contributed by atoms with Gasteiger partial charge >= 0.3 is 5.97 Å². The molecule has 6 heteroatoms. The predicted molar refractivity (Wildman–Crippen MR) is 255 cm³/mol. The quantitative estimate of drug-likeness (QED) is 0.0419. The molecule has 0 aromatic rings. The van der Waals surface area contributed by atoms with Gasteiger partial charge in [0.1, 0.15) is 0 Å². The van der Waals surface area contributed by atoms with Crippen molar-refractivity contribution in [3.63, 3.8) is 0 Å². The first-order valence-electron chi connectivity index (χ1n) is 26.8. The molecule has 2 unspecified atom stereocenters. The maximum atomic E-state index is 12.5. The van der Waals surface area contributed by atoms with Crippen molar-refractivity contribution in [1.82, 2.24) is 5.32 Å². The second-order valence-corrected chi connectivity index (χ2v) is 18.6. The van der Waals surface area contributed by atoms with Crippen LogP contribution in [0, 0.1) is 0 Å². The number of rotatable bonds is 50. The number of aliphatic hydroxyl groups excluding tert-OH is 2. The first-order chi connectivity index (χ1) is 29.0. The van der Waals surface area contributed by atoms with Gasteiger partial charge in [-0.2, -0.15) is 0 Å². The molecule has 59 heavy (non-hydrogen) atoms. The van der Waals surface area contributed by atoms with Gasteiger partial charge < -0.3 is 20.3 Å². The largest absolute Gasteiger partial charge is 0.466 e. The molecule has 2 atom stereocenters. The molecule has 6 nitrogen and oxygen atoms in total. The summed E-state index contributed by atoms with van der Waals surface area (Å²) in [6, 6.07) is -0.553. The summed E-state index contributed by atoms with van der Waals surface area (Å²) >= 11 is 0. The van der Waals surface area contributed by atoms with Gasteiger partial charge in [-0.1, -0.05) is 264 Å². The lowest BCUT2D eigenvalue weighted by atomic mass is 10.0. The summed E-state index contributed by atoms with van der Waals surface area (Å²) in [4.78, 5) is 24.5. The molecular formula is C53H105NO5. The molecule has 0 saturated heterocycles. The highest BCUT2D eigenvalue weighted by Crippen LogP contribution is 2.17. The molecule has 0 aromatic heterocycles. The fraction of sp³-hybridized carbons (Fsp3) is 0.962. The van der Waals surface area contributed by atoms with Gasteiger partial charge in [0, 0.05) is 12.8 Å². The number of unbranched alkanes of at least 4 members (excludes halogenated alkanes) is 39. The topological polar surface area (TPSA) is 95.9 Å². The Morgan fingerprint density at radius 1 is 0.407 bits per heavy atom. The Morgan fingerprint density at radius 2 is 0.695 bits per heavy atom. The Kier molecular flexibility index (Phi) is 48.6. The predicted octanol–water partition coefficient (Wildman–Crippen LogP) is 16.0. The average Bonchev–Trinajstić information content (AvgIpc) is 3.24. The van der Waals surface area contributed by atoms with Crippen LogP contribution < -0.4 is 5.32 Å². The van der Waals surface area contributed by atoms with Gasteiger partial charge in [0.25, 0.3) is 0 Å². The van der Waals surface area contributed by atoms with Crippen molar-refractivity contribution in [2.24, 2.45) is 0 Å². The minimum absolute atomic E-state index is 0.0104. The highest BCUT2D eigenvalue weighted by Gasteiger charge is 2.20. The second-order valence-electron chi connectivity index (χ2n) is 18.6. The Balaban J connectivity index is 3.45. The molecule has 0 bridgehead atoms. The zero-order valence-corrected chi connectivity index (χ0v) is 40.0. The first-order valence-corrected chi connectivity index (χ1v) is 26.8. The van der Waals surface area contributed by atoms with Crippen LogP contribution in [0.1, 0.15) is 303 Å². The SMILES string of the molecule is CCCCCCCCCCCCCCCCCCCC(O)C(CO)NC(=O)CCCCCCCCCCCCCOC(=O)CCCCCCCCCCCCCCCC. The van der Waals surface area contributed by atoms with Crippen molar-refractivity contribution in [2.75, 3.05) is 13.2 Å². The molecule has 352 valence electrons. The zero-order chi connectivity index (χ0) is 43.0. The number of hydrogen-bond acceptors (Lipinski definition) is 5. The molecule has 0 heterocycles. The maximum absolute atomic E-state index is 12.5. The van der Waals surface area contributed by atoms with Gasteiger partial charge in [-0.25, -0.2) is 0 Å². The summed E-state index contributed by atoms with van der Waals surface area (Å²) < 4.78 is 5.46. The van der Waals surface area contributed by atoms with E-state index in [2.05, 4.69) is 19.2 Å². The third-order valence-corrected chi connectivity index (χ3v) is 12.7. The Hall–Kier alpha value is -1.14. The molecule has 1 amide bonds. The molecular weight excluding hydrogens is 731 g/mol. The van der Waals surface area contributed by atoms with Crippen LogP contribution in [0.5, 0.6) is 0 Å². The van der Waals surface area contributed by atoms with Crippen molar-refractivity contribution < 1.29 is 24.5 Å². The summed E-state index contributed by atoms with van der Waals surface area (Å²) in [6.07, 6.45) is 55.0. The van der Waals surface area contributed by atoms with Crippen molar-refractivity contribution in [1.29, 1.82) is 0 Å². The molecule has 0 spiro atoms. The van der Waals surface area contributed by atoms with Crippen LogP contribution in [0.3, 0.4) is 0 Å². The van der Waals surface area contributed by atoms with Gasteiger partial charge in [0.05, 0.1) is 25.4 Å². The van der Waals surface area contributed by atoms with Gasteiger partial charge in [0.15, 0.2) is 0 Å². The van der Waals surface area contributed by atoms with Crippen LogP contribution in [-0.2, 0) is 14.3 Å². The summed E-state index contributed by atoms with van der Waals surface area (Å²) in [5.41, 5.74) is 0. The Morgan fingerprint density at radius 3 is 1.03 bits per heavy atom. The minimum Gasteiger partial charge on any atom is -0.466 e. The monoisotopic (exact) mass is 836 g/mol. The summed E-state index contributed by atoms with van der Waals surface area (Å²) in [5.74, 6) is -0.0611. The standard InChI is InChI=1S/C53H105NO5/c1-3-5-7-9-11-13-15-17-19-20-21-22-25-29-33-37-41-45-51(56)50(49-55)54-52(57)46-42-38-34-30-26-24-28-32-36-40-44-48-59-53(58)47-43-39-35-31-27-23-18-16-14-12-10-8-6-4-2/h50-51,55-56H,3-49H2,1-2H3,(H,54,57). The molecule has 0 aromatic carbocycles. The van der Waals surface area contributed by atoms with Crippen LogP contribution in [0.4, 0.5) is 0 Å². The molecule has 3 N–H and O–H groups in total. The Bertz CT molecular complexity index is 837. The van der Waals surface area contributed by atoms with Crippen LogP contribution in [0.15, 0.2) is 0 Å². The number of ether oxygens (including phenoxy) is 1. The molecule has 0 fully saturated rings. The maximum Gasteiger partial charge on any atom is 0.305 e. The van der Waals surface area contributed by atoms with Crippen molar-refractivity contribution in [3.05, 3.63) is 0 Å². The smallest absolute Gasteiger partial charge is 0.305 e. The Labute approximate surface area is 368 Å². The number of carbonyl (C=O) groups is 2. The normalized spacial score (nSPS) is 12.5. The molecule has 0 rings (SSSR count). The van der Waals surface area contributed by atoms with Crippen molar-refractivity contribution >= 4 is 11.9 Å². The first kappa shape index (κ1) is 57.9. The zero-order valence-electron chi connectivity index (χ0n) is 40.0. The van der Waals surface area contributed by atoms with Crippen LogP contribution in [0.2, 0.25) is 0 Å². The highest BCUT2D eigenvalue weighted by atomic mass is 16.5. The van der Waals surface area contributed by atoms with Crippen LogP contribution >= 0.6 is 0 Å². The molecule has 0 aliphatic heterocycles. The molecule has 0 aliphatic rings. The lowest BCUT2D eigenvalue weighted by Crippen LogP contribution is -2.45. The fourth-order valence-electron chi connectivity index (χ4n) is 8.52. The van der Waals surface area contributed by atoms with Gasteiger partial charge in [-0.15, -0.1) is 0 Å². The minimum atomic E-state index is -0.675. The van der Waals surface area contributed by atoms with E-state index in [4.69, 9.17) is 4.74 Å². The number of hydrogen-bond donors (Lipinski definition) is 3. The number of esters is 1. The van der Waals surface area contributed by atoms with E-state index in [-0.39, 0.29) is 18.5 Å². The van der Waals surface area contributed by atoms with Gasteiger partial charge in [-0.05, 0) is 25.7 Å². The highest BCUT2D eigenvalue weighted by molar-refractivity contribution is 5.76. The van der Waals surface area contributed by atoms with E-state index in [1.807, 2.05) is 0 Å². The average molecular weight is 836 g/mol. The van der Waals surface area contributed by atoms with Gasteiger partial charge in [0.2, 0.25) is 5.91 Å². The van der Waals surface area contributed by atoms with E-state index in [0.717, 1.165) is 57.8 Å². The third kappa shape index (κ3) is 46.2. The lowest BCUT2D eigenvalue weighted by molar-refractivity contribution is -0.143. The van der Waals surface area contributed by atoms with Crippen LogP contribution in [-0.4, -0.2) is 47.4 Å². The number of amides is 1. The fourth-order valence-corrected chi connectivity index (χ4v) is 8.52. The molecule has 0 saturated carbocycles. The van der Waals surface area contributed by atoms with Crippen molar-refractivity contribution in [3.8, 4) is 0 Å². The summed E-state index contributed by atoms with van der Waals surface area (Å²) in [6.45, 7) is 4.93. The van der Waals surface area contributed by atoms with Crippen LogP contribution in [0.25, 0.3) is 0 Å². The third-order valence-electron chi connectivity index (χ3n) is 12.7. The number of aliphatic hydroxyl groups is 2. The van der Waals surface area contributed by atoms with E-state index in [9.17, 15) is 19.8 Å². The summed E-state index contributed by atoms with van der Waals surface area (Å²) in [5, 5.41) is 23.3. The van der Waals surface area contributed by atoms with E-state index < -0.39 is 12.1 Å². The summed E-state index contributed by atoms with van der Waals surface area (Å²) in [7, 11) is 0. The van der Waals surface area contributed by atoms with E-state index in [1.165, 1.54) is 212 Å². The van der Waals surface area contributed by atoms with E-state index >= 15 is 0 Å². The lowest BCUT2D eigenvalue weighted by Gasteiger charge is -2.22. The number of nitrogens with one attached hydrogen (secondary N) is 1. The van der Waals surface area contributed by atoms with Gasteiger partial charge in [-0.3, -0.25) is 9.59 Å². The van der Waals surface area contributed by atoms with E-state index in [1.54, 1.807) is 0 Å². The van der Waals surface area contributed by atoms with E-state index in [0.29, 0.717) is 25.9 Å². The molecule has 0 aliphatic carbocycles.